The van der Waals surface area contributed by atoms with E-state index in [9.17, 15) is 14.4 Å². The number of thioether (sulfide) groups is 1. The van der Waals surface area contributed by atoms with Gasteiger partial charge in [-0.05, 0) is 49.1 Å². The minimum absolute atomic E-state index is 0.00706. The van der Waals surface area contributed by atoms with Crippen LogP contribution in [0.15, 0.2) is 71.9 Å². The lowest BCUT2D eigenvalue weighted by atomic mass is 9.86. The van der Waals surface area contributed by atoms with E-state index in [2.05, 4.69) is 39.6 Å². The van der Waals surface area contributed by atoms with Crippen LogP contribution in [0, 0.1) is 5.92 Å². The number of pyridine rings is 1. The summed E-state index contributed by atoms with van der Waals surface area (Å²) in [5, 5.41) is 9.62. The van der Waals surface area contributed by atoms with E-state index in [0.717, 1.165) is 24.9 Å². The highest BCUT2D eigenvalue weighted by atomic mass is 32.2. The van der Waals surface area contributed by atoms with Gasteiger partial charge in [0.15, 0.2) is 0 Å². The van der Waals surface area contributed by atoms with Crippen LogP contribution in [0.2, 0.25) is 0 Å². The summed E-state index contributed by atoms with van der Waals surface area (Å²) in [6, 6.07) is 13.7. The van der Waals surface area contributed by atoms with Crippen molar-refractivity contribution in [3.63, 3.8) is 0 Å². The molecule has 3 saturated heterocycles. The number of rotatable bonds is 6. The summed E-state index contributed by atoms with van der Waals surface area (Å²) in [4.78, 5) is 47.3. The number of likely N-dealkylation sites (tertiary alicyclic amines) is 1. The Morgan fingerprint density at radius 3 is 2.76 bits per heavy atom. The van der Waals surface area contributed by atoms with E-state index in [0.29, 0.717) is 35.9 Å². The Morgan fingerprint density at radius 1 is 1.16 bits per heavy atom. The quantitative estimate of drug-likeness (QED) is 0.495. The monoisotopic (exact) mass is 530 g/mol. The Bertz CT molecular complexity index is 1300. The number of nitrogens with zero attached hydrogens (tertiary/aromatic N) is 3. The molecule has 0 spiro atoms. The molecule has 3 fully saturated rings. The van der Waals surface area contributed by atoms with Crippen LogP contribution in [0.1, 0.15) is 24.0 Å². The number of anilines is 1. The van der Waals surface area contributed by atoms with Crippen LogP contribution in [-0.2, 0) is 16.0 Å². The zero-order chi connectivity index (χ0) is 26.2. The predicted octanol–water partition coefficient (Wildman–Crippen LogP) is 2.37. The fourth-order valence-electron chi connectivity index (χ4n) is 5.84. The molecule has 0 saturated carbocycles. The van der Waals surface area contributed by atoms with Crippen LogP contribution in [0.25, 0.3) is 0 Å². The maximum atomic E-state index is 13.4. The number of aromatic nitrogens is 1. The number of piperidine rings is 1. The Morgan fingerprint density at radius 2 is 2.00 bits per heavy atom. The number of nitrogens with one attached hydrogen (secondary N) is 3. The van der Waals surface area contributed by atoms with Crippen LogP contribution in [-0.4, -0.2) is 64.8 Å². The molecule has 0 radical (unpaired) electrons. The maximum absolute atomic E-state index is 13.4. The van der Waals surface area contributed by atoms with Gasteiger partial charge in [-0.25, -0.2) is 9.78 Å². The lowest BCUT2D eigenvalue weighted by Crippen LogP contribution is -2.62. The van der Waals surface area contributed by atoms with Crippen LogP contribution < -0.4 is 20.9 Å². The van der Waals surface area contributed by atoms with E-state index in [4.69, 9.17) is 0 Å². The van der Waals surface area contributed by atoms with Crippen molar-refractivity contribution in [3.8, 4) is 0 Å². The van der Waals surface area contributed by atoms with Gasteiger partial charge in [0.1, 0.15) is 5.82 Å². The number of benzene rings is 1. The lowest BCUT2D eigenvalue weighted by Gasteiger charge is -2.45. The second kappa shape index (κ2) is 10.3. The fraction of sp³-hybridized carbons (Fsp3) is 0.357. The molecular weight excluding hydrogens is 500 g/mol. The van der Waals surface area contributed by atoms with Crippen LogP contribution in [0.5, 0.6) is 0 Å². The lowest BCUT2D eigenvalue weighted by molar-refractivity contribution is -0.125. The molecule has 1 aromatic heterocycles. The van der Waals surface area contributed by atoms with Gasteiger partial charge >= 0.3 is 6.03 Å². The topological polar surface area (TPSA) is 107 Å². The molecule has 3 N–H and O–H groups in total. The number of carbonyl (C=O) groups is 3. The van der Waals surface area contributed by atoms with Crippen molar-refractivity contribution in [1.82, 2.24) is 25.8 Å². The fourth-order valence-corrected chi connectivity index (χ4v) is 7.24. The smallest absolute Gasteiger partial charge is 0.327 e. The Kier molecular flexibility index (Phi) is 6.67. The van der Waals surface area contributed by atoms with E-state index in [1.165, 1.54) is 23.4 Å². The zero-order valence-corrected chi connectivity index (χ0v) is 21.7. The van der Waals surface area contributed by atoms with Crippen molar-refractivity contribution >= 4 is 35.4 Å². The SMILES string of the molecule is C=CC(=O)N1CC[C@@H](NC(=O)C2=C3NC(=O)N(c4ccc(Cc5ccccc5)cn4)C4CCNC(S2)C34)C1. The third-order valence-corrected chi connectivity index (χ3v) is 9.02. The average molecular weight is 531 g/mol. The predicted molar refractivity (Wildman–Crippen MR) is 146 cm³/mol. The van der Waals surface area contributed by atoms with E-state index in [1.54, 1.807) is 9.80 Å². The summed E-state index contributed by atoms with van der Waals surface area (Å²) in [7, 11) is 0. The highest BCUT2D eigenvalue weighted by Crippen LogP contribution is 2.47. The van der Waals surface area contributed by atoms with Gasteiger partial charge in [-0.1, -0.05) is 54.7 Å². The summed E-state index contributed by atoms with van der Waals surface area (Å²) in [5.41, 5.74) is 2.98. The van der Waals surface area contributed by atoms with Gasteiger partial charge in [0.05, 0.1) is 16.3 Å². The van der Waals surface area contributed by atoms with Crippen molar-refractivity contribution in [1.29, 1.82) is 0 Å². The second-order valence-corrected chi connectivity index (χ2v) is 11.2. The standard InChI is InChI=1S/C28H30N6O3S/c1-2-22(35)33-13-11-19(16-33)31-26(36)25-24-23-20(10-12-29-27(23)38-25)34(28(37)32-24)21-9-8-18(15-30-21)14-17-6-4-3-5-7-17/h2-9,15,19-20,23,27,29H,1,10-14,16H2,(H,31,36)(H,32,37)/t19-,20?,23?,27?/m1/s1. The molecule has 0 bridgehead atoms. The van der Waals surface area contributed by atoms with E-state index in [1.807, 2.05) is 36.5 Å². The van der Waals surface area contributed by atoms with Crippen molar-refractivity contribution in [2.45, 2.75) is 36.7 Å². The van der Waals surface area contributed by atoms with Gasteiger partial charge in [0.2, 0.25) is 5.91 Å². The number of hydrogen-bond acceptors (Lipinski definition) is 6. The molecule has 9 nitrogen and oxygen atoms in total. The molecular formula is C28H30N6O3S. The number of urea groups is 1. The number of carbonyl (C=O) groups excluding carboxylic acids is 3. The third-order valence-electron chi connectivity index (χ3n) is 7.66. The van der Waals surface area contributed by atoms with Crippen LogP contribution >= 0.6 is 11.8 Å². The summed E-state index contributed by atoms with van der Waals surface area (Å²) >= 11 is 1.48. The third kappa shape index (κ3) is 4.58. The first-order valence-corrected chi connectivity index (χ1v) is 13.9. The summed E-state index contributed by atoms with van der Waals surface area (Å²) in [6.07, 6.45) is 5.37. The summed E-state index contributed by atoms with van der Waals surface area (Å²) in [6.45, 7) is 5.34. The van der Waals surface area contributed by atoms with E-state index < -0.39 is 0 Å². The van der Waals surface area contributed by atoms with Gasteiger partial charge in [-0.15, -0.1) is 0 Å². The molecule has 2 aromatic rings. The molecule has 4 aliphatic heterocycles. The molecule has 38 heavy (non-hydrogen) atoms. The van der Waals surface area contributed by atoms with Gasteiger partial charge in [-0.2, -0.15) is 0 Å². The Labute approximate surface area is 225 Å². The molecule has 4 atom stereocenters. The van der Waals surface area contributed by atoms with E-state index in [-0.39, 0.29) is 41.2 Å². The summed E-state index contributed by atoms with van der Waals surface area (Å²) in [5.74, 6) is 0.249. The maximum Gasteiger partial charge on any atom is 0.327 e. The number of hydrogen-bond donors (Lipinski definition) is 3. The van der Waals surface area contributed by atoms with Gasteiger partial charge in [0.25, 0.3) is 5.91 Å². The average Bonchev–Trinajstić information content (AvgIpc) is 3.55. The number of amides is 4. The minimum atomic E-state index is -0.262. The Balaban J connectivity index is 1.19. The molecule has 1 aromatic carbocycles. The van der Waals surface area contributed by atoms with Gasteiger partial charge < -0.3 is 20.9 Å². The molecule has 196 valence electrons. The normalized spacial score (nSPS) is 26.2. The second-order valence-electron chi connectivity index (χ2n) is 10.1. The Hall–Kier alpha value is -3.63. The molecule has 10 heteroatoms. The van der Waals surface area contributed by atoms with E-state index >= 15 is 0 Å². The first-order chi connectivity index (χ1) is 18.5. The summed E-state index contributed by atoms with van der Waals surface area (Å²) < 4.78 is 0. The first kappa shape index (κ1) is 24.7. The van der Waals surface area contributed by atoms with Gasteiger partial charge in [-0.3, -0.25) is 14.5 Å². The largest absolute Gasteiger partial charge is 0.347 e. The van der Waals surface area contributed by atoms with Crippen LogP contribution in [0.3, 0.4) is 0 Å². The molecule has 4 aliphatic rings. The first-order valence-electron chi connectivity index (χ1n) is 13.0. The molecule has 5 heterocycles. The van der Waals surface area contributed by atoms with Gasteiger partial charge in [0, 0.05) is 36.9 Å². The van der Waals surface area contributed by atoms with Crippen molar-refractivity contribution in [2.75, 3.05) is 24.5 Å². The molecule has 3 unspecified atom stereocenters. The van der Waals surface area contributed by atoms with Crippen molar-refractivity contribution in [2.24, 2.45) is 5.92 Å². The highest BCUT2D eigenvalue weighted by molar-refractivity contribution is 8.04. The molecule has 6 rings (SSSR count). The van der Waals surface area contributed by atoms with Crippen molar-refractivity contribution < 1.29 is 14.4 Å². The highest BCUT2D eigenvalue weighted by Gasteiger charge is 2.52. The van der Waals surface area contributed by atoms with Crippen LogP contribution in [0.4, 0.5) is 10.6 Å². The minimum Gasteiger partial charge on any atom is -0.347 e. The van der Waals surface area contributed by atoms with Crippen molar-refractivity contribution in [3.05, 3.63) is 83.0 Å². The zero-order valence-electron chi connectivity index (χ0n) is 20.9. The molecule has 0 aliphatic carbocycles. The molecule has 4 amide bonds.